The van der Waals surface area contributed by atoms with Gasteiger partial charge in [0.05, 0.1) is 18.3 Å². The lowest BCUT2D eigenvalue weighted by Gasteiger charge is -2.40. The van der Waals surface area contributed by atoms with Crippen molar-refractivity contribution in [3.05, 3.63) is 35.9 Å². The van der Waals surface area contributed by atoms with Crippen LogP contribution in [0, 0.1) is 5.92 Å². The molecular formula is C18H24O5. The summed E-state index contributed by atoms with van der Waals surface area (Å²) in [5, 5.41) is 10.6. The highest BCUT2D eigenvalue weighted by Gasteiger charge is 2.54. The minimum atomic E-state index is -0.977. The predicted octanol–water partition coefficient (Wildman–Crippen LogP) is 2.06. The molecule has 0 aliphatic carbocycles. The van der Waals surface area contributed by atoms with Crippen LogP contribution in [0.3, 0.4) is 0 Å². The lowest BCUT2D eigenvalue weighted by Crippen LogP contribution is -2.56. The summed E-state index contributed by atoms with van der Waals surface area (Å²) in [4.78, 5) is 11.8. The third-order valence-corrected chi connectivity index (χ3v) is 4.55. The van der Waals surface area contributed by atoms with E-state index in [0.717, 1.165) is 12.0 Å². The van der Waals surface area contributed by atoms with Gasteiger partial charge in [0.25, 0.3) is 0 Å². The second-order valence-corrected chi connectivity index (χ2v) is 7.03. The van der Waals surface area contributed by atoms with Crippen molar-refractivity contribution in [2.24, 2.45) is 5.92 Å². The van der Waals surface area contributed by atoms with E-state index in [1.54, 1.807) is 0 Å². The maximum Gasteiger partial charge on any atom is 0.164 e. The SMILES string of the molecule is CC(=O)C1O[C@@H]2OC(C)(C)C[C@@H]2[C@@H](OCc2ccccc2)C1O. The third-order valence-electron chi connectivity index (χ3n) is 4.55. The van der Waals surface area contributed by atoms with Crippen molar-refractivity contribution in [3.8, 4) is 0 Å². The molecule has 0 spiro atoms. The number of hydrogen-bond donors (Lipinski definition) is 1. The molecule has 2 unspecified atom stereocenters. The van der Waals surface area contributed by atoms with Gasteiger partial charge in [-0.1, -0.05) is 30.3 Å². The summed E-state index contributed by atoms with van der Waals surface area (Å²) in [6.45, 7) is 5.77. The lowest BCUT2D eigenvalue weighted by atomic mass is 9.85. The fraction of sp³-hybridized carbons (Fsp3) is 0.611. The van der Waals surface area contributed by atoms with E-state index in [1.165, 1.54) is 6.92 Å². The molecule has 0 aromatic heterocycles. The predicted molar refractivity (Wildman–Crippen MR) is 83.6 cm³/mol. The molecule has 126 valence electrons. The molecule has 0 saturated carbocycles. The van der Waals surface area contributed by atoms with Gasteiger partial charge < -0.3 is 19.3 Å². The van der Waals surface area contributed by atoms with Crippen molar-refractivity contribution in [1.29, 1.82) is 0 Å². The van der Waals surface area contributed by atoms with E-state index in [9.17, 15) is 9.90 Å². The van der Waals surface area contributed by atoms with Gasteiger partial charge in [-0.3, -0.25) is 4.79 Å². The molecular weight excluding hydrogens is 296 g/mol. The van der Waals surface area contributed by atoms with Crippen molar-refractivity contribution in [3.63, 3.8) is 0 Å². The Balaban J connectivity index is 1.77. The van der Waals surface area contributed by atoms with Crippen LogP contribution in [0.4, 0.5) is 0 Å². The largest absolute Gasteiger partial charge is 0.387 e. The standard InChI is InChI=1S/C18H24O5/c1-11(19)15-14(20)16(21-10-12-7-5-4-6-8-12)13-9-18(2,3)23-17(13)22-15/h4-8,13-17,20H,9-10H2,1-3H3/t13-,14?,15?,16-,17-/m1/s1. The first-order valence-corrected chi connectivity index (χ1v) is 8.05. The first-order valence-electron chi connectivity index (χ1n) is 8.05. The molecule has 3 rings (SSSR count). The Hall–Kier alpha value is -1.27. The molecule has 5 atom stereocenters. The molecule has 1 aromatic carbocycles. The number of fused-ring (bicyclic) bond motifs is 1. The molecule has 5 nitrogen and oxygen atoms in total. The second-order valence-electron chi connectivity index (χ2n) is 7.03. The molecule has 0 radical (unpaired) electrons. The molecule has 1 N–H and O–H groups in total. The van der Waals surface area contributed by atoms with Crippen LogP contribution in [0.2, 0.25) is 0 Å². The first-order chi connectivity index (χ1) is 10.9. The Morgan fingerprint density at radius 2 is 2.04 bits per heavy atom. The van der Waals surface area contributed by atoms with E-state index in [-0.39, 0.29) is 17.3 Å². The maximum atomic E-state index is 11.8. The van der Waals surface area contributed by atoms with Crippen LogP contribution < -0.4 is 0 Å². The number of hydrogen-bond acceptors (Lipinski definition) is 5. The number of ketones is 1. The molecule has 0 amide bonds. The zero-order chi connectivity index (χ0) is 16.6. The molecule has 2 aliphatic rings. The van der Waals surface area contributed by atoms with E-state index in [4.69, 9.17) is 14.2 Å². The number of aliphatic hydroxyl groups excluding tert-OH is 1. The minimum Gasteiger partial charge on any atom is -0.387 e. The van der Waals surface area contributed by atoms with Crippen molar-refractivity contribution >= 4 is 5.78 Å². The highest BCUT2D eigenvalue weighted by molar-refractivity contribution is 5.81. The maximum absolute atomic E-state index is 11.8. The average Bonchev–Trinajstić information content (AvgIpc) is 2.80. The first kappa shape index (κ1) is 16.6. The van der Waals surface area contributed by atoms with Crippen LogP contribution in [-0.2, 0) is 25.6 Å². The van der Waals surface area contributed by atoms with Gasteiger partial charge in [-0.05, 0) is 32.8 Å². The Labute approximate surface area is 136 Å². The zero-order valence-electron chi connectivity index (χ0n) is 13.8. The van der Waals surface area contributed by atoms with Crippen molar-refractivity contribution < 1.29 is 24.1 Å². The number of benzene rings is 1. The Bertz CT molecular complexity index is 556. The van der Waals surface area contributed by atoms with Crippen LogP contribution >= 0.6 is 0 Å². The van der Waals surface area contributed by atoms with E-state index in [1.807, 2.05) is 44.2 Å². The summed E-state index contributed by atoms with van der Waals surface area (Å²) in [7, 11) is 0. The van der Waals surface area contributed by atoms with E-state index >= 15 is 0 Å². The summed E-state index contributed by atoms with van der Waals surface area (Å²) in [5.74, 6) is -0.295. The summed E-state index contributed by atoms with van der Waals surface area (Å²) in [6.07, 6.45) is -2.15. The van der Waals surface area contributed by atoms with Crippen molar-refractivity contribution in [2.75, 3.05) is 0 Å². The van der Waals surface area contributed by atoms with Gasteiger partial charge in [-0.2, -0.15) is 0 Å². The van der Waals surface area contributed by atoms with Gasteiger partial charge in [0.15, 0.2) is 12.1 Å². The summed E-state index contributed by atoms with van der Waals surface area (Å²) >= 11 is 0. The number of rotatable bonds is 4. The number of ether oxygens (including phenoxy) is 3. The molecule has 0 bridgehead atoms. The average molecular weight is 320 g/mol. The fourth-order valence-corrected chi connectivity index (χ4v) is 3.49. The molecule has 2 heterocycles. The van der Waals surface area contributed by atoms with E-state index in [2.05, 4.69) is 0 Å². The quantitative estimate of drug-likeness (QED) is 0.920. The highest BCUT2D eigenvalue weighted by Crippen LogP contribution is 2.43. The highest BCUT2D eigenvalue weighted by atomic mass is 16.7. The third kappa shape index (κ3) is 3.48. The van der Waals surface area contributed by atoms with Crippen LogP contribution in [0.15, 0.2) is 30.3 Å². The molecule has 1 aromatic rings. The topological polar surface area (TPSA) is 65.0 Å². The van der Waals surface area contributed by atoms with Gasteiger partial charge >= 0.3 is 0 Å². The van der Waals surface area contributed by atoms with Gasteiger partial charge in [0.2, 0.25) is 0 Å². The number of carbonyl (C=O) groups is 1. The Morgan fingerprint density at radius 3 is 2.70 bits per heavy atom. The molecule has 2 fully saturated rings. The Morgan fingerprint density at radius 1 is 1.35 bits per heavy atom. The van der Waals surface area contributed by atoms with Gasteiger partial charge in [0, 0.05) is 5.92 Å². The van der Waals surface area contributed by atoms with Gasteiger partial charge in [-0.25, -0.2) is 0 Å². The lowest BCUT2D eigenvalue weighted by molar-refractivity contribution is -0.266. The Kier molecular flexibility index (Phi) is 4.56. The summed E-state index contributed by atoms with van der Waals surface area (Å²) < 4.78 is 17.6. The number of Topliss-reactive ketones (excluding diaryl/α,β-unsaturated/α-hetero) is 1. The molecule has 2 saturated heterocycles. The number of carbonyl (C=O) groups excluding carboxylic acids is 1. The zero-order valence-corrected chi connectivity index (χ0v) is 13.8. The summed E-state index contributed by atoms with van der Waals surface area (Å²) in [5.41, 5.74) is 0.676. The smallest absolute Gasteiger partial charge is 0.164 e. The second kappa shape index (κ2) is 6.32. The monoisotopic (exact) mass is 320 g/mol. The van der Waals surface area contributed by atoms with E-state index < -0.39 is 24.6 Å². The number of aliphatic hydroxyl groups is 1. The molecule has 2 aliphatic heterocycles. The fourth-order valence-electron chi connectivity index (χ4n) is 3.49. The molecule has 23 heavy (non-hydrogen) atoms. The van der Waals surface area contributed by atoms with Crippen molar-refractivity contribution in [1.82, 2.24) is 0 Å². The van der Waals surface area contributed by atoms with Gasteiger partial charge in [-0.15, -0.1) is 0 Å². The van der Waals surface area contributed by atoms with Crippen LogP contribution in [0.25, 0.3) is 0 Å². The van der Waals surface area contributed by atoms with Gasteiger partial charge in [0.1, 0.15) is 12.2 Å². The minimum absolute atomic E-state index is 0.0840. The van der Waals surface area contributed by atoms with Crippen LogP contribution in [0.5, 0.6) is 0 Å². The van der Waals surface area contributed by atoms with Crippen LogP contribution in [0.1, 0.15) is 32.8 Å². The van der Waals surface area contributed by atoms with Crippen LogP contribution in [-0.4, -0.2) is 41.1 Å². The van der Waals surface area contributed by atoms with Crippen molar-refractivity contribution in [2.45, 2.75) is 64.0 Å². The van der Waals surface area contributed by atoms with E-state index in [0.29, 0.717) is 6.61 Å². The normalized spacial score (nSPS) is 35.7. The molecule has 5 heteroatoms. The summed E-state index contributed by atoms with van der Waals surface area (Å²) in [6, 6.07) is 9.79.